The van der Waals surface area contributed by atoms with Crippen LogP contribution in [0.4, 0.5) is 0 Å². The number of aliphatic hydroxyl groups is 1. The van der Waals surface area contributed by atoms with Gasteiger partial charge in [-0.3, -0.25) is 0 Å². The van der Waals surface area contributed by atoms with E-state index in [4.69, 9.17) is 20.9 Å². The first-order chi connectivity index (χ1) is 5.77. The van der Waals surface area contributed by atoms with Crippen molar-refractivity contribution in [3.05, 3.63) is 28.8 Å². The summed E-state index contributed by atoms with van der Waals surface area (Å²) in [5.74, 6) is 0. The third-order valence-electron chi connectivity index (χ3n) is 1.35. The number of aliphatic hydroxyl groups excluding tert-OH is 1. The van der Waals surface area contributed by atoms with Crippen LogP contribution in [-0.2, 0) is 10.8 Å². The molecule has 12 heavy (non-hydrogen) atoms. The molecule has 0 unspecified atom stereocenters. The normalized spacial score (nSPS) is 10.2. The first kappa shape index (κ1) is 9.86. The zero-order chi connectivity index (χ0) is 8.97. The van der Waals surface area contributed by atoms with Crippen LogP contribution in [0.25, 0.3) is 0 Å². The van der Waals surface area contributed by atoms with E-state index < -0.39 is 0 Å². The second-order valence-corrected chi connectivity index (χ2v) is 3.52. The maximum atomic E-state index is 8.79. The van der Waals surface area contributed by atoms with Crippen LogP contribution >= 0.6 is 23.6 Å². The molecule has 1 aromatic rings. The number of benzene rings is 1. The van der Waals surface area contributed by atoms with Crippen LogP contribution in [0, 0.1) is 0 Å². The van der Waals surface area contributed by atoms with Crippen LogP contribution in [0.3, 0.4) is 0 Å². The smallest absolute Gasteiger partial charge is 0.0682 e. The van der Waals surface area contributed by atoms with Crippen molar-refractivity contribution >= 4 is 23.6 Å². The third kappa shape index (κ3) is 2.38. The van der Waals surface area contributed by atoms with E-state index in [9.17, 15) is 0 Å². The molecule has 0 aliphatic heterocycles. The highest BCUT2D eigenvalue weighted by atomic mass is 35.5. The number of hydrogen-bond donors (Lipinski definition) is 1. The molecule has 1 N–H and O–H groups in total. The molecule has 0 amide bonds. The zero-order valence-electron chi connectivity index (χ0n) is 6.58. The summed E-state index contributed by atoms with van der Waals surface area (Å²) in [5, 5.41) is 9.39. The fourth-order valence-electron chi connectivity index (χ4n) is 0.800. The van der Waals surface area contributed by atoms with Crippen molar-refractivity contribution in [2.24, 2.45) is 0 Å². The van der Waals surface area contributed by atoms with E-state index in [0.29, 0.717) is 5.02 Å². The molecule has 1 aromatic carbocycles. The summed E-state index contributed by atoms with van der Waals surface area (Å²) in [6.07, 6.45) is 0. The number of halogens is 1. The highest BCUT2D eigenvalue weighted by molar-refractivity contribution is 7.94. The van der Waals surface area contributed by atoms with Crippen LogP contribution in [-0.4, -0.2) is 12.2 Å². The molecule has 66 valence electrons. The Bertz CT molecular complexity index is 265. The zero-order valence-corrected chi connectivity index (χ0v) is 8.15. The van der Waals surface area contributed by atoms with Gasteiger partial charge in [-0.1, -0.05) is 17.7 Å². The minimum absolute atomic E-state index is 0.0116. The highest BCUT2D eigenvalue weighted by Crippen LogP contribution is 2.27. The first-order valence-electron chi connectivity index (χ1n) is 3.38. The van der Waals surface area contributed by atoms with Crippen molar-refractivity contribution in [1.29, 1.82) is 0 Å². The van der Waals surface area contributed by atoms with Gasteiger partial charge in [-0.05, 0) is 17.7 Å². The van der Waals surface area contributed by atoms with Crippen LogP contribution in [0.2, 0.25) is 5.02 Å². The fraction of sp³-hybridized carbons (Fsp3) is 0.250. The minimum atomic E-state index is 0.0116. The summed E-state index contributed by atoms with van der Waals surface area (Å²) in [6, 6.07) is 5.36. The largest absolute Gasteiger partial charge is 0.392 e. The van der Waals surface area contributed by atoms with E-state index in [1.807, 2.05) is 12.1 Å². The molecule has 0 bridgehead atoms. The molecule has 0 heterocycles. The molecular formula is C8H9ClO2S. The summed E-state index contributed by atoms with van der Waals surface area (Å²) >= 11 is 7.08. The molecule has 0 aliphatic carbocycles. The van der Waals surface area contributed by atoms with E-state index in [1.165, 1.54) is 12.0 Å². The predicted octanol–water partition coefficient (Wildman–Crippen LogP) is 2.49. The van der Waals surface area contributed by atoms with Crippen LogP contribution < -0.4 is 0 Å². The van der Waals surface area contributed by atoms with Gasteiger partial charge >= 0.3 is 0 Å². The maximum absolute atomic E-state index is 8.79. The van der Waals surface area contributed by atoms with Crippen molar-refractivity contribution in [2.45, 2.75) is 11.5 Å². The van der Waals surface area contributed by atoms with Gasteiger partial charge in [0.25, 0.3) is 0 Å². The molecule has 4 heteroatoms. The van der Waals surface area contributed by atoms with Crippen LogP contribution in [0.5, 0.6) is 0 Å². The molecule has 0 aromatic heterocycles. The van der Waals surface area contributed by atoms with Gasteiger partial charge in [-0.15, -0.1) is 0 Å². The summed E-state index contributed by atoms with van der Waals surface area (Å²) in [5.41, 5.74) is 0.806. The number of rotatable bonds is 3. The van der Waals surface area contributed by atoms with Crippen LogP contribution in [0.1, 0.15) is 5.56 Å². The van der Waals surface area contributed by atoms with Gasteiger partial charge in [0.1, 0.15) is 0 Å². The molecule has 0 spiro atoms. The third-order valence-corrected chi connectivity index (χ3v) is 2.48. The molecule has 0 fully saturated rings. The Morgan fingerprint density at radius 3 is 2.83 bits per heavy atom. The monoisotopic (exact) mass is 204 g/mol. The lowest BCUT2D eigenvalue weighted by molar-refractivity contribution is 0.282. The first-order valence-corrected chi connectivity index (χ1v) is 4.50. The van der Waals surface area contributed by atoms with Crippen molar-refractivity contribution in [1.82, 2.24) is 0 Å². The maximum Gasteiger partial charge on any atom is 0.0682 e. The predicted molar refractivity (Wildman–Crippen MR) is 50.2 cm³/mol. The van der Waals surface area contributed by atoms with Gasteiger partial charge in [0, 0.05) is 12.0 Å². The van der Waals surface area contributed by atoms with E-state index in [2.05, 4.69) is 0 Å². The Kier molecular flexibility index (Phi) is 3.88. The quantitative estimate of drug-likeness (QED) is 0.768. The molecule has 1 rings (SSSR count). The molecule has 0 saturated heterocycles. The van der Waals surface area contributed by atoms with Crippen molar-refractivity contribution in [3.8, 4) is 0 Å². The summed E-state index contributed by atoms with van der Waals surface area (Å²) in [6.45, 7) is 0.0116. The lowest BCUT2D eigenvalue weighted by atomic mass is 10.2. The molecular weight excluding hydrogens is 196 g/mol. The van der Waals surface area contributed by atoms with Gasteiger partial charge in [0.15, 0.2) is 0 Å². The second-order valence-electron chi connectivity index (χ2n) is 2.17. The summed E-state index contributed by atoms with van der Waals surface area (Å²) < 4.78 is 4.85. The standard InChI is InChI=1S/C8H9ClO2S/c1-11-12-8-3-2-6(5-10)4-7(8)9/h2-4,10H,5H2,1H3. The summed E-state index contributed by atoms with van der Waals surface area (Å²) in [7, 11) is 1.58. The van der Waals surface area contributed by atoms with E-state index in [-0.39, 0.29) is 6.61 Å². The number of hydrogen-bond acceptors (Lipinski definition) is 3. The molecule has 0 saturated carbocycles. The minimum Gasteiger partial charge on any atom is -0.392 e. The Morgan fingerprint density at radius 1 is 1.58 bits per heavy atom. The average Bonchev–Trinajstić information content (AvgIpc) is 2.09. The highest BCUT2D eigenvalue weighted by Gasteiger charge is 2.01. The summed E-state index contributed by atoms with van der Waals surface area (Å²) in [4.78, 5) is 0.858. The SMILES string of the molecule is COSc1ccc(CO)cc1Cl. The van der Waals surface area contributed by atoms with Gasteiger partial charge in [0.05, 0.1) is 23.6 Å². The van der Waals surface area contributed by atoms with E-state index in [1.54, 1.807) is 13.2 Å². The molecule has 2 nitrogen and oxygen atoms in total. The Hall–Kier alpha value is -0.220. The van der Waals surface area contributed by atoms with Crippen molar-refractivity contribution < 1.29 is 9.29 Å². The Morgan fingerprint density at radius 2 is 2.33 bits per heavy atom. The lowest BCUT2D eigenvalue weighted by Gasteiger charge is -2.02. The van der Waals surface area contributed by atoms with E-state index in [0.717, 1.165) is 10.5 Å². The van der Waals surface area contributed by atoms with Crippen LogP contribution in [0.15, 0.2) is 23.1 Å². The van der Waals surface area contributed by atoms with Crippen molar-refractivity contribution in [2.75, 3.05) is 7.11 Å². The van der Waals surface area contributed by atoms with Gasteiger partial charge in [0.2, 0.25) is 0 Å². The lowest BCUT2D eigenvalue weighted by Crippen LogP contribution is -1.83. The Labute approximate surface area is 80.7 Å². The van der Waals surface area contributed by atoms with Gasteiger partial charge in [-0.25, -0.2) is 0 Å². The Balaban J connectivity index is 2.87. The molecule has 0 aliphatic rings. The van der Waals surface area contributed by atoms with Gasteiger partial charge in [-0.2, -0.15) is 0 Å². The topological polar surface area (TPSA) is 29.5 Å². The second kappa shape index (κ2) is 4.72. The average molecular weight is 205 g/mol. The fourth-order valence-corrected chi connectivity index (χ4v) is 1.54. The molecule has 0 atom stereocenters. The van der Waals surface area contributed by atoms with E-state index >= 15 is 0 Å². The molecule has 0 radical (unpaired) electrons. The van der Waals surface area contributed by atoms with Gasteiger partial charge < -0.3 is 9.29 Å². The van der Waals surface area contributed by atoms with Crippen molar-refractivity contribution in [3.63, 3.8) is 0 Å².